The molecule has 114 valence electrons. The number of carboxylic acids is 1. The summed E-state index contributed by atoms with van der Waals surface area (Å²) in [5.74, 6) is -0.745. The van der Waals surface area contributed by atoms with Crippen molar-refractivity contribution in [3.63, 3.8) is 0 Å². The Bertz CT molecular complexity index is 667. The highest BCUT2D eigenvalue weighted by Gasteiger charge is 2.42. The zero-order chi connectivity index (χ0) is 15.6. The molecule has 1 fully saturated rings. The summed E-state index contributed by atoms with van der Waals surface area (Å²) >= 11 is 0. The Morgan fingerprint density at radius 1 is 1.23 bits per heavy atom. The van der Waals surface area contributed by atoms with Gasteiger partial charge >= 0.3 is 5.97 Å². The van der Waals surface area contributed by atoms with E-state index >= 15 is 0 Å². The molecule has 0 amide bonds. The van der Waals surface area contributed by atoms with Crippen molar-refractivity contribution in [3.05, 3.63) is 53.7 Å². The molecule has 0 aliphatic heterocycles. The highest BCUT2D eigenvalue weighted by atomic mass is 19.1. The number of rotatable bonds is 6. The number of nitrogens with zero attached hydrogens (tertiary/aromatic N) is 2. The third kappa shape index (κ3) is 3.39. The van der Waals surface area contributed by atoms with Crippen LogP contribution in [0, 0.1) is 11.2 Å². The minimum Gasteiger partial charge on any atom is -0.476 e. The van der Waals surface area contributed by atoms with E-state index in [4.69, 9.17) is 5.11 Å². The molecule has 1 aromatic carbocycles. The number of benzene rings is 1. The van der Waals surface area contributed by atoms with Gasteiger partial charge in [-0.25, -0.2) is 19.2 Å². The van der Waals surface area contributed by atoms with Gasteiger partial charge in [-0.3, -0.25) is 0 Å². The van der Waals surface area contributed by atoms with Crippen molar-refractivity contribution in [1.82, 2.24) is 9.97 Å². The van der Waals surface area contributed by atoms with Crippen LogP contribution in [0.1, 0.15) is 28.9 Å². The van der Waals surface area contributed by atoms with Crippen LogP contribution in [-0.2, 0) is 6.42 Å². The Hall–Kier alpha value is -2.50. The normalized spacial score (nSPS) is 15.3. The van der Waals surface area contributed by atoms with Crippen molar-refractivity contribution in [1.29, 1.82) is 0 Å². The SMILES string of the molecule is O=C(O)c1cnc(NCC2(Cc3ccc(F)cc3)CC2)cn1. The van der Waals surface area contributed by atoms with Crippen LogP contribution in [0.5, 0.6) is 0 Å². The third-order valence-corrected chi connectivity index (χ3v) is 3.96. The summed E-state index contributed by atoms with van der Waals surface area (Å²) in [6, 6.07) is 6.59. The van der Waals surface area contributed by atoms with Gasteiger partial charge in [-0.2, -0.15) is 0 Å². The standard InChI is InChI=1S/C16H16FN3O2/c17-12-3-1-11(2-4-12)7-16(5-6-16)10-20-14-9-18-13(8-19-14)15(21)22/h1-4,8-9H,5-7,10H2,(H,19,20)(H,21,22). The van der Waals surface area contributed by atoms with Crippen LogP contribution < -0.4 is 5.32 Å². The van der Waals surface area contributed by atoms with Crippen molar-refractivity contribution < 1.29 is 14.3 Å². The number of hydrogen-bond donors (Lipinski definition) is 2. The Morgan fingerprint density at radius 3 is 2.50 bits per heavy atom. The maximum absolute atomic E-state index is 12.9. The number of carboxylic acid groups (broad SMARTS) is 1. The number of aromatic nitrogens is 2. The van der Waals surface area contributed by atoms with Crippen LogP contribution in [0.3, 0.4) is 0 Å². The number of halogens is 1. The van der Waals surface area contributed by atoms with Gasteiger partial charge in [0.25, 0.3) is 0 Å². The van der Waals surface area contributed by atoms with Gasteiger partial charge in [-0.1, -0.05) is 12.1 Å². The molecule has 2 aromatic rings. The number of aromatic carboxylic acids is 1. The van der Waals surface area contributed by atoms with Crippen LogP contribution >= 0.6 is 0 Å². The maximum Gasteiger partial charge on any atom is 0.356 e. The summed E-state index contributed by atoms with van der Waals surface area (Å²) in [6.45, 7) is 0.742. The van der Waals surface area contributed by atoms with Crippen LogP contribution in [0.25, 0.3) is 0 Å². The molecule has 1 aliphatic rings. The van der Waals surface area contributed by atoms with E-state index in [0.717, 1.165) is 31.4 Å². The van der Waals surface area contributed by atoms with Gasteiger partial charge in [0.15, 0.2) is 5.69 Å². The van der Waals surface area contributed by atoms with Gasteiger partial charge in [0.05, 0.1) is 12.4 Å². The third-order valence-electron chi connectivity index (χ3n) is 3.96. The fourth-order valence-corrected chi connectivity index (χ4v) is 2.44. The fraction of sp³-hybridized carbons (Fsp3) is 0.312. The molecule has 0 bridgehead atoms. The lowest BCUT2D eigenvalue weighted by Crippen LogP contribution is -2.19. The van der Waals surface area contributed by atoms with Gasteiger partial charge in [-0.15, -0.1) is 0 Å². The Kier molecular flexibility index (Phi) is 3.75. The molecular formula is C16H16FN3O2. The topological polar surface area (TPSA) is 75.1 Å². The van der Waals surface area contributed by atoms with E-state index in [9.17, 15) is 9.18 Å². The second-order valence-corrected chi connectivity index (χ2v) is 5.75. The molecule has 1 saturated carbocycles. The van der Waals surface area contributed by atoms with E-state index in [1.54, 1.807) is 0 Å². The van der Waals surface area contributed by atoms with Crippen LogP contribution in [0.4, 0.5) is 10.2 Å². The molecule has 1 aromatic heterocycles. The minimum absolute atomic E-state index is 0.0713. The Morgan fingerprint density at radius 2 is 1.95 bits per heavy atom. The molecule has 0 atom stereocenters. The van der Waals surface area contributed by atoms with Crippen LogP contribution in [0.2, 0.25) is 0 Å². The van der Waals surface area contributed by atoms with Crippen molar-refractivity contribution in [2.24, 2.45) is 5.41 Å². The van der Waals surface area contributed by atoms with E-state index in [1.165, 1.54) is 24.5 Å². The van der Waals surface area contributed by atoms with Gasteiger partial charge in [-0.05, 0) is 42.4 Å². The lowest BCUT2D eigenvalue weighted by Gasteiger charge is -2.16. The van der Waals surface area contributed by atoms with Crippen LogP contribution in [0.15, 0.2) is 36.7 Å². The smallest absolute Gasteiger partial charge is 0.356 e. The maximum atomic E-state index is 12.9. The molecule has 0 saturated heterocycles. The fourth-order valence-electron chi connectivity index (χ4n) is 2.44. The summed E-state index contributed by atoms with van der Waals surface area (Å²) in [6.07, 6.45) is 5.78. The average molecular weight is 301 g/mol. The quantitative estimate of drug-likeness (QED) is 0.858. The van der Waals surface area contributed by atoms with Gasteiger partial charge in [0, 0.05) is 6.54 Å². The van der Waals surface area contributed by atoms with Crippen molar-refractivity contribution in [2.45, 2.75) is 19.3 Å². The zero-order valence-corrected chi connectivity index (χ0v) is 11.9. The first-order chi connectivity index (χ1) is 10.6. The van der Waals surface area contributed by atoms with E-state index in [1.807, 2.05) is 12.1 Å². The van der Waals surface area contributed by atoms with Crippen molar-refractivity contribution in [2.75, 3.05) is 11.9 Å². The molecule has 5 nitrogen and oxygen atoms in total. The molecular weight excluding hydrogens is 285 g/mol. The second kappa shape index (κ2) is 5.71. The number of anilines is 1. The molecule has 6 heteroatoms. The molecule has 0 unspecified atom stereocenters. The molecule has 1 heterocycles. The number of nitrogens with one attached hydrogen (secondary N) is 1. The molecule has 3 rings (SSSR count). The molecule has 0 radical (unpaired) electrons. The predicted octanol–water partition coefficient (Wildman–Crippen LogP) is 2.75. The highest BCUT2D eigenvalue weighted by molar-refractivity contribution is 5.84. The average Bonchev–Trinajstić information content (AvgIpc) is 3.28. The monoisotopic (exact) mass is 301 g/mol. The minimum atomic E-state index is -1.09. The van der Waals surface area contributed by atoms with Crippen molar-refractivity contribution in [3.8, 4) is 0 Å². The Labute approximate surface area is 127 Å². The summed E-state index contributed by atoms with van der Waals surface area (Å²) in [7, 11) is 0. The van der Waals surface area contributed by atoms with Gasteiger partial charge in [0.1, 0.15) is 11.6 Å². The summed E-state index contributed by atoms with van der Waals surface area (Å²) in [4.78, 5) is 18.6. The van der Waals surface area contributed by atoms with E-state index < -0.39 is 5.97 Å². The first-order valence-electron chi connectivity index (χ1n) is 7.10. The van der Waals surface area contributed by atoms with Crippen LogP contribution in [-0.4, -0.2) is 27.6 Å². The van der Waals surface area contributed by atoms with E-state index in [-0.39, 0.29) is 16.9 Å². The Balaban J connectivity index is 1.58. The van der Waals surface area contributed by atoms with Gasteiger partial charge < -0.3 is 10.4 Å². The van der Waals surface area contributed by atoms with E-state index in [2.05, 4.69) is 15.3 Å². The first kappa shape index (κ1) is 14.4. The molecule has 0 spiro atoms. The summed E-state index contributed by atoms with van der Waals surface area (Å²) in [5.41, 5.74) is 1.22. The zero-order valence-electron chi connectivity index (χ0n) is 11.9. The summed E-state index contributed by atoms with van der Waals surface area (Å²) in [5, 5.41) is 12.0. The highest BCUT2D eigenvalue weighted by Crippen LogP contribution is 2.48. The molecule has 1 aliphatic carbocycles. The lowest BCUT2D eigenvalue weighted by molar-refractivity contribution is 0.0690. The lowest BCUT2D eigenvalue weighted by atomic mass is 9.96. The molecule has 2 N–H and O–H groups in total. The molecule has 22 heavy (non-hydrogen) atoms. The number of carbonyl (C=O) groups is 1. The predicted molar refractivity (Wildman–Crippen MR) is 79.3 cm³/mol. The first-order valence-corrected chi connectivity index (χ1v) is 7.10. The van der Waals surface area contributed by atoms with Crippen molar-refractivity contribution >= 4 is 11.8 Å². The van der Waals surface area contributed by atoms with E-state index in [0.29, 0.717) is 5.82 Å². The largest absolute Gasteiger partial charge is 0.476 e. The second-order valence-electron chi connectivity index (χ2n) is 5.75. The number of hydrogen-bond acceptors (Lipinski definition) is 4. The summed E-state index contributed by atoms with van der Waals surface area (Å²) < 4.78 is 12.9. The van der Waals surface area contributed by atoms with Gasteiger partial charge in [0.2, 0.25) is 0 Å².